The molecule has 0 fully saturated rings. The van der Waals surface area contributed by atoms with Crippen molar-refractivity contribution in [2.75, 3.05) is 0 Å². The number of rotatable bonds is 4. The molecule has 2 aromatic carbocycles. The lowest BCUT2D eigenvalue weighted by Gasteiger charge is -2.02. The van der Waals surface area contributed by atoms with Gasteiger partial charge in [0, 0.05) is 0 Å². The van der Waals surface area contributed by atoms with E-state index in [1.54, 1.807) is 5.19 Å². The minimum Gasteiger partial charge on any atom is -0.0669 e. The Morgan fingerprint density at radius 3 is 2.25 bits per heavy atom. The van der Waals surface area contributed by atoms with E-state index in [0.717, 1.165) is 0 Å². The van der Waals surface area contributed by atoms with Crippen molar-refractivity contribution in [1.29, 1.82) is 0 Å². The molecule has 16 heavy (non-hydrogen) atoms. The Morgan fingerprint density at radius 2 is 1.56 bits per heavy atom. The summed E-state index contributed by atoms with van der Waals surface area (Å²) >= 11 is 0. The molecule has 0 bridgehead atoms. The van der Waals surface area contributed by atoms with Crippen molar-refractivity contribution in [3.63, 3.8) is 0 Å². The van der Waals surface area contributed by atoms with Gasteiger partial charge in [-0.25, -0.2) is 0 Å². The maximum atomic E-state index is 2.27. The third-order valence-electron chi connectivity index (χ3n) is 2.89. The summed E-state index contributed by atoms with van der Waals surface area (Å²) in [5, 5.41) is 1.58. The molecule has 0 aromatic heterocycles. The Bertz CT molecular complexity index is 417. The van der Waals surface area contributed by atoms with Gasteiger partial charge in [-0.05, 0) is 18.9 Å². The van der Waals surface area contributed by atoms with Crippen molar-refractivity contribution in [3.05, 3.63) is 65.7 Å². The predicted molar refractivity (Wildman–Crippen MR) is 74.3 cm³/mol. The summed E-state index contributed by atoms with van der Waals surface area (Å²) in [6.07, 6.45) is 1.24. The van der Waals surface area contributed by atoms with Crippen LogP contribution in [0.1, 0.15) is 11.1 Å². The molecule has 0 N–H and O–H groups in total. The van der Waals surface area contributed by atoms with E-state index in [0.29, 0.717) is 0 Å². The van der Waals surface area contributed by atoms with Crippen LogP contribution in [0.3, 0.4) is 0 Å². The van der Waals surface area contributed by atoms with Crippen LogP contribution < -0.4 is 5.19 Å². The van der Waals surface area contributed by atoms with Crippen molar-refractivity contribution in [2.24, 2.45) is 0 Å². The summed E-state index contributed by atoms with van der Waals surface area (Å²) < 4.78 is 0. The van der Waals surface area contributed by atoms with Gasteiger partial charge < -0.3 is 0 Å². The highest BCUT2D eigenvalue weighted by Crippen LogP contribution is 2.05. The second-order valence-corrected chi connectivity index (χ2v) is 6.35. The summed E-state index contributed by atoms with van der Waals surface area (Å²) in [5.74, 6) is 0. The average Bonchev–Trinajstić information content (AvgIpc) is 2.33. The van der Waals surface area contributed by atoms with E-state index in [1.165, 1.54) is 23.6 Å². The minimum absolute atomic E-state index is 0.0649. The van der Waals surface area contributed by atoms with Crippen LogP contribution in [0.4, 0.5) is 0 Å². The third-order valence-corrected chi connectivity index (χ3v) is 4.65. The average molecular weight is 226 g/mol. The van der Waals surface area contributed by atoms with E-state index in [-0.39, 0.29) is 9.52 Å². The van der Waals surface area contributed by atoms with Gasteiger partial charge in [-0.15, -0.1) is 0 Å². The molecule has 0 saturated heterocycles. The fraction of sp³-hybridized carbons (Fsp3) is 0.200. The molecule has 2 rings (SSSR count). The molecule has 1 heteroatoms. The van der Waals surface area contributed by atoms with Crippen molar-refractivity contribution in [2.45, 2.75) is 19.4 Å². The van der Waals surface area contributed by atoms with Crippen LogP contribution in [0.2, 0.25) is 6.04 Å². The van der Waals surface area contributed by atoms with Gasteiger partial charge in [-0.1, -0.05) is 71.4 Å². The monoisotopic (exact) mass is 226 g/mol. The quantitative estimate of drug-likeness (QED) is 0.703. The molecule has 0 heterocycles. The highest BCUT2D eigenvalue weighted by Gasteiger charge is 1.95. The molecule has 0 nitrogen and oxygen atoms in total. The van der Waals surface area contributed by atoms with Crippen LogP contribution in [0, 0.1) is 6.92 Å². The van der Waals surface area contributed by atoms with Gasteiger partial charge in [0.2, 0.25) is 0 Å². The van der Waals surface area contributed by atoms with E-state index in [1.807, 2.05) is 0 Å². The SMILES string of the molecule is Cc1ccc(CC[SiH2]c2ccccc2)cc1. The van der Waals surface area contributed by atoms with Gasteiger partial charge >= 0.3 is 0 Å². The topological polar surface area (TPSA) is 0 Å². The zero-order chi connectivity index (χ0) is 11.2. The predicted octanol–water partition coefficient (Wildman–Crippen LogP) is 2.45. The lowest BCUT2D eigenvalue weighted by Crippen LogP contribution is -2.13. The summed E-state index contributed by atoms with van der Waals surface area (Å²) in [5.41, 5.74) is 2.83. The Morgan fingerprint density at radius 1 is 0.875 bits per heavy atom. The van der Waals surface area contributed by atoms with E-state index in [2.05, 4.69) is 61.5 Å². The Hall–Kier alpha value is -1.34. The van der Waals surface area contributed by atoms with Crippen LogP contribution in [0.5, 0.6) is 0 Å². The summed E-state index contributed by atoms with van der Waals surface area (Å²) in [7, 11) is -0.0649. The molecule has 0 saturated carbocycles. The van der Waals surface area contributed by atoms with E-state index < -0.39 is 0 Å². The number of hydrogen-bond donors (Lipinski definition) is 0. The summed E-state index contributed by atoms with van der Waals surface area (Å²) in [6, 6.07) is 21.2. The molecule has 2 aromatic rings. The van der Waals surface area contributed by atoms with E-state index >= 15 is 0 Å². The largest absolute Gasteiger partial charge is 0.0669 e. The maximum absolute atomic E-state index is 2.27. The highest BCUT2D eigenvalue weighted by atomic mass is 28.2. The maximum Gasteiger partial charge on any atom is 0.0550 e. The normalized spacial score (nSPS) is 11.1. The first kappa shape index (κ1) is 11.2. The summed E-state index contributed by atoms with van der Waals surface area (Å²) in [6.45, 7) is 2.14. The van der Waals surface area contributed by atoms with Crippen LogP contribution in [0.15, 0.2) is 54.6 Å². The van der Waals surface area contributed by atoms with Crippen LogP contribution in [0.25, 0.3) is 0 Å². The van der Waals surface area contributed by atoms with E-state index in [9.17, 15) is 0 Å². The fourth-order valence-corrected chi connectivity index (χ4v) is 3.49. The van der Waals surface area contributed by atoms with Crippen molar-refractivity contribution in [3.8, 4) is 0 Å². The smallest absolute Gasteiger partial charge is 0.0550 e. The van der Waals surface area contributed by atoms with E-state index in [4.69, 9.17) is 0 Å². The zero-order valence-electron chi connectivity index (χ0n) is 9.82. The first-order valence-corrected chi connectivity index (χ1v) is 7.65. The molecular formula is C15H18Si. The van der Waals surface area contributed by atoms with Crippen LogP contribution in [-0.4, -0.2) is 9.52 Å². The molecule has 0 aliphatic rings. The first-order chi connectivity index (χ1) is 7.84. The molecule has 82 valence electrons. The molecule has 0 aliphatic carbocycles. The molecular weight excluding hydrogens is 208 g/mol. The standard InChI is InChI=1S/C15H18Si/c1-13-7-9-14(10-8-13)11-12-16-15-5-3-2-4-6-15/h2-10H,11-12,16H2,1H3. The Labute approximate surface area is 100 Å². The van der Waals surface area contributed by atoms with Crippen molar-refractivity contribution in [1.82, 2.24) is 0 Å². The number of hydrogen-bond acceptors (Lipinski definition) is 0. The molecule has 0 spiro atoms. The minimum atomic E-state index is -0.0649. The molecule has 0 amide bonds. The first-order valence-electron chi connectivity index (χ1n) is 5.94. The number of aryl methyl sites for hydroxylation is 2. The molecule has 0 aliphatic heterocycles. The molecule has 0 unspecified atom stereocenters. The summed E-state index contributed by atoms with van der Waals surface area (Å²) in [4.78, 5) is 0. The Kier molecular flexibility index (Phi) is 3.95. The second kappa shape index (κ2) is 5.66. The van der Waals surface area contributed by atoms with Gasteiger partial charge in [0.25, 0.3) is 0 Å². The van der Waals surface area contributed by atoms with Gasteiger partial charge in [-0.3, -0.25) is 0 Å². The van der Waals surface area contributed by atoms with Gasteiger partial charge in [0.05, 0.1) is 9.52 Å². The molecule has 0 atom stereocenters. The number of benzene rings is 2. The van der Waals surface area contributed by atoms with Crippen molar-refractivity contribution < 1.29 is 0 Å². The van der Waals surface area contributed by atoms with Crippen LogP contribution in [-0.2, 0) is 6.42 Å². The zero-order valence-corrected chi connectivity index (χ0v) is 11.2. The van der Waals surface area contributed by atoms with Gasteiger partial charge in [0.15, 0.2) is 0 Å². The molecule has 0 radical (unpaired) electrons. The lowest BCUT2D eigenvalue weighted by molar-refractivity contribution is 1.12. The van der Waals surface area contributed by atoms with Crippen molar-refractivity contribution >= 4 is 14.7 Å². The van der Waals surface area contributed by atoms with Gasteiger partial charge in [-0.2, -0.15) is 0 Å². The van der Waals surface area contributed by atoms with Gasteiger partial charge in [0.1, 0.15) is 0 Å². The fourth-order valence-electron chi connectivity index (χ4n) is 1.90. The lowest BCUT2D eigenvalue weighted by atomic mass is 10.1. The Balaban J connectivity index is 1.82. The van der Waals surface area contributed by atoms with Crippen LogP contribution >= 0.6 is 0 Å². The third kappa shape index (κ3) is 3.35. The second-order valence-electron chi connectivity index (χ2n) is 4.32. The highest BCUT2D eigenvalue weighted by molar-refractivity contribution is 6.53.